The highest BCUT2D eigenvalue weighted by Crippen LogP contribution is 2.31. The second-order valence-electron chi connectivity index (χ2n) is 7.87. The van der Waals surface area contributed by atoms with Crippen molar-refractivity contribution in [2.24, 2.45) is 0 Å². The van der Waals surface area contributed by atoms with E-state index in [-0.39, 0.29) is 12.5 Å². The number of hydrogen-bond donors (Lipinski definition) is 2. The van der Waals surface area contributed by atoms with Gasteiger partial charge in [-0.15, -0.1) is 0 Å². The van der Waals surface area contributed by atoms with Crippen molar-refractivity contribution in [2.45, 2.75) is 33.5 Å². The summed E-state index contributed by atoms with van der Waals surface area (Å²) in [6, 6.07) is 7.11. The number of fused-ring (bicyclic) bond motifs is 1. The van der Waals surface area contributed by atoms with Gasteiger partial charge in [0.1, 0.15) is 5.69 Å². The molecule has 1 aliphatic rings. The van der Waals surface area contributed by atoms with Crippen LogP contribution in [0.4, 0.5) is 30.6 Å². The number of aromatic nitrogens is 3. The number of anilines is 3. The average Bonchev–Trinajstić information content (AvgIpc) is 3.00. The van der Waals surface area contributed by atoms with Crippen LogP contribution in [0.1, 0.15) is 28.2 Å². The van der Waals surface area contributed by atoms with E-state index < -0.39 is 11.7 Å². The van der Waals surface area contributed by atoms with Gasteiger partial charge in [-0.1, -0.05) is 0 Å². The van der Waals surface area contributed by atoms with Gasteiger partial charge in [-0.3, -0.25) is 4.79 Å². The minimum Gasteiger partial charge on any atom is -0.350 e. The van der Waals surface area contributed by atoms with Crippen molar-refractivity contribution < 1.29 is 18.0 Å². The van der Waals surface area contributed by atoms with E-state index in [2.05, 4.69) is 20.6 Å². The van der Waals surface area contributed by atoms with Crippen molar-refractivity contribution in [1.29, 1.82) is 0 Å². The van der Waals surface area contributed by atoms with Crippen LogP contribution in [0.15, 0.2) is 30.3 Å². The van der Waals surface area contributed by atoms with Crippen molar-refractivity contribution in [2.75, 3.05) is 29.1 Å². The van der Waals surface area contributed by atoms with Gasteiger partial charge in [0.25, 0.3) is 0 Å². The van der Waals surface area contributed by atoms with Gasteiger partial charge in [0.2, 0.25) is 11.9 Å². The molecule has 0 unspecified atom stereocenters. The van der Waals surface area contributed by atoms with Crippen molar-refractivity contribution >= 4 is 23.4 Å². The molecular formula is C22H23F3N6O. The molecule has 0 spiro atoms. The molecule has 0 atom stereocenters. The summed E-state index contributed by atoms with van der Waals surface area (Å²) >= 11 is 0. The predicted molar refractivity (Wildman–Crippen MR) is 116 cm³/mol. The summed E-state index contributed by atoms with van der Waals surface area (Å²) < 4.78 is 40.5. The maximum Gasteiger partial charge on any atom is 0.416 e. The lowest BCUT2D eigenvalue weighted by Crippen LogP contribution is -2.36. The number of carbonyl (C=O) groups is 1. The van der Waals surface area contributed by atoms with Gasteiger partial charge < -0.3 is 20.1 Å². The van der Waals surface area contributed by atoms with Crippen LogP contribution in [0.5, 0.6) is 0 Å². The minimum atomic E-state index is -4.36. The number of carbonyl (C=O) groups excluding carboxylic acids is 1. The Labute approximate surface area is 183 Å². The first kappa shape index (κ1) is 21.7. The highest BCUT2D eigenvalue weighted by atomic mass is 19.4. The summed E-state index contributed by atoms with van der Waals surface area (Å²) in [5, 5.41) is 6.03. The zero-order valence-electron chi connectivity index (χ0n) is 18.1. The highest BCUT2D eigenvalue weighted by Gasteiger charge is 2.30. The van der Waals surface area contributed by atoms with Gasteiger partial charge in [0.15, 0.2) is 5.82 Å². The number of nitrogens with one attached hydrogen (secondary N) is 2. The van der Waals surface area contributed by atoms with Crippen LogP contribution in [0.3, 0.4) is 0 Å². The molecule has 1 aromatic carbocycles. The number of nitrogens with zero attached hydrogens (tertiary/aromatic N) is 4. The third-order valence-corrected chi connectivity index (χ3v) is 5.50. The lowest BCUT2D eigenvalue weighted by Gasteiger charge is -2.27. The zero-order chi connectivity index (χ0) is 23.2. The molecule has 0 saturated carbocycles. The van der Waals surface area contributed by atoms with Gasteiger partial charge in [0, 0.05) is 30.7 Å². The van der Waals surface area contributed by atoms with Gasteiger partial charge in [0.05, 0.1) is 17.8 Å². The predicted octanol–water partition coefficient (Wildman–Crippen LogP) is 4.21. The van der Waals surface area contributed by atoms with Gasteiger partial charge >= 0.3 is 6.18 Å². The molecule has 1 aliphatic heterocycles. The fraction of sp³-hybridized carbons (Fsp3) is 0.318. The minimum absolute atomic E-state index is 0.108. The van der Waals surface area contributed by atoms with Crippen LogP contribution in [0.2, 0.25) is 0 Å². The molecule has 4 rings (SSSR count). The fourth-order valence-corrected chi connectivity index (χ4v) is 3.91. The average molecular weight is 444 g/mol. The molecule has 3 heterocycles. The summed E-state index contributed by atoms with van der Waals surface area (Å²) in [4.78, 5) is 22.5. The van der Waals surface area contributed by atoms with Gasteiger partial charge in [-0.25, -0.2) is 4.98 Å². The second kappa shape index (κ2) is 7.85. The van der Waals surface area contributed by atoms with Crippen molar-refractivity contribution in [3.8, 4) is 5.69 Å². The van der Waals surface area contributed by atoms with Crippen LogP contribution in [0.25, 0.3) is 5.69 Å². The molecule has 32 heavy (non-hydrogen) atoms. The van der Waals surface area contributed by atoms with Crippen molar-refractivity contribution in [3.05, 3.63) is 58.5 Å². The Morgan fingerprint density at radius 2 is 1.81 bits per heavy atom. The molecule has 1 amide bonds. The maximum atomic E-state index is 12.9. The Bertz CT molecular complexity index is 1180. The molecule has 0 radical (unpaired) electrons. The normalized spacial score (nSPS) is 13.7. The number of alkyl halides is 3. The molecule has 10 heteroatoms. The van der Waals surface area contributed by atoms with Gasteiger partial charge in [-0.05, 0) is 56.7 Å². The van der Waals surface area contributed by atoms with Crippen LogP contribution in [-0.4, -0.2) is 34.0 Å². The van der Waals surface area contributed by atoms with E-state index in [0.29, 0.717) is 35.4 Å². The van der Waals surface area contributed by atoms with E-state index in [0.717, 1.165) is 29.1 Å². The number of rotatable bonds is 4. The summed E-state index contributed by atoms with van der Waals surface area (Å²) in [6.45, 7) is 6.29. The second-order valence-corrected chi connectivity index (χ2v) is 7.87. The Balaban J connectivity index is 1.56. The monoisotopic (exact) mass is 444 g/mol. The molecule has 2 N–H and O–H groups in total. The van der Waals surface area contributed by atoms with Gasteiger partial charge in [-0.2, -0.15) is 18.2 Å². The SMILES string of the molecule is Cc1nc(NCc2cc(C)n(-c3ccc(C(F)(F)F)cc3)c2C)nc2c1NC(=O)CN2C. The standard InChI is InChI=1S/C22H23F3N6O/c1-12-9-15(14(3)31(12)17-7-5-16(6-8-17)22(23,24)25)10-26-21-27-13(2)19-20(29-21)30(4)11-18(32)28-19/h5-9H,10-11H2,1-4H3,(H,28,32)(H,26,27,29). The number of benzene rings is 1. The van der Waals surface area contributed by atoms with Crippen LogP contribution in [-0.2, 0) is 17.5 Å². The largest absolute Gasteiger partial charge is 0.416 e. The van der Waals surface area contributed by atoms with E-state index in [1.165, 1.54) is 12.1 Å². The highest BCUT2D eigenvalue weighted by molar-refractivity contribution is 6.00. The van der Waals surface area contributed by atoms with E-state index in [4.69, 9.17) is 0 Å². The number of halogens is 3. The molecule has 7 nitrogen and oxygen atoms in total. The molecule has 2 aromatic heterocycles. The first-order valence-corrected chi connectivity index (χ1v) is 10.0. The third-order valence-electron chi connectivity index (χ3n) is 5.50. The summed E-state index contributed by atoms with van der Waals surface area (Å²) in [5.74, 6) is 0.974. The first-order chi connectivity index (χ1) is 15.0. The lowest BCUT2D eigenvalue weighted by molar-refractivity contribution is -0.137. The molecular weight excluding hydrogens is 421 g/mol. The Morgan fingerprint density at radius 3 is 2.47 bits per heavy atom. The fourth-order valence-electron chi connectivity index (χ4n) is 3.91. The Kier molecular flexibility index (Phi) is 5.31. The van der Waals surface area contributed by atoms with Crippen LogP contribution in [0, 0.1) is 20.8 Å². The van der Waals surface area contributed by atoms with E-state index in [1.54, 1.807) is 11.9 Å². The van der Waals surface area contributed by atoms with E-state index in [1.807, 2.05) is 31.4 Å². The number of aryl methyl sites for hydroxylation is 2. The molecule has 168 valence electrons. The van der Waals surface area contributed by atoms with Crippen molar-refractivity contribution in [3.63, 3.8) is 0 Å². The zero-order valence-corrected chi connectivity index (χ0v) is 18.1. The number of amides is 1. The van der Waals surface area contributed by atoms with Crippen molar-refractivity contribution in [1.82, 2.24) is 14.5 Å². The van der Waals surface area contributed by atoms with Crippen LogP contribution < -0.4 is 15.5 Å². The summed E-state index contributed by atoms with van der Waals surface area (Å²) in [7, 11) is 1.80. The molecule has 0 fully saturated rings. The Morgan fingerprint density at radius 1 is 1.12 bits per heavy atom. The first-order valence-electron chi connectivity index (χ1n) is 10.0. The maximum absolute atomic E-state index is 12.9. The summed E-state index contributed by atoms with van der Waals surface area (Å²) in [6.07, 6.45) is -4.36. The molecule has 0 bridgehead atoms. The smallest absolute Gasteiger partial charge is 0.350 e. The quantitative estimate of drug-likeness (QED) is 0.631. The van der Waals surface area contributed by atoms with E-state index >= 15 is 0 Å². The molecule has 3 aromatic rings. The third kappa shape index (κ3) is 4.00. The number of likely N-dealkylation sites (N-methyl/N-ethyl adjacent to an activating group) is 1. The Hall–Kier alpha value is -3.56. The molecule has 0 saturated heterocycles. The molecule has 0 aliphatic carbocycles. The topological polar surface area (TPSA) is 75.1 Å². The summed E-state index contributed by atoms with van der Waals surface area (Å²) in [5.41, 5.74) is 4.05. The van der Waals surface area contributed by atoms with E-state index in [9.17, 15) is 18.0 Å². The lowest BCUT2D eigenvalue weighted by atomic mass is 10.2. The number of hydrogen-bond acceptors (Lipinski definition) is 5. The van der Waals surface area contributed by atoms with Crippen LogP contribution >= 0.6 is 0 Å².